The number of aliphatic carboxylic acids is 1. The van der Waals surface area contributed by atoms with E-state index in [2.05, 4.69) is 10.6 Å². The maximum Gasteiger partial charge on any atom is 0.315 e. The van der Waals surface area contributed by atoms with Crippen LogP contribution >= 0.6 is 0 Å². The van der Waals surface area contributed by atoms with Crippen LogP contribution in [0.15, 0.2) is 0 Å². The number of carbonyl (C=O) groups is 2. The monoisotopic (exact) mass is 282 g/mol. The van der Waals surface area contributed by atoms with Gasteiger partial charge in [-0.25, -0.2) is 4.79 Å². The molecular weight excluding hydrogens is 256 g/mol. The van der Waals surface area contributed by atoms with Gasteiger partial charge >= 0.3 is 12.0 Å². The summed E-state index contributed by atoms with van der Waals surface area (Å²) in [5.74, 6) is -0.763. The van der Waals surface area contributed by atoms with Gasteiger partial charge in [-0.2, -0.15) is 0 Å². The van der Waals surface area contributed by atoms with Gasteiger partial charge in [0.1, 0.15) is 0 Å². The average molecular weight is 282 g/mol. The highest BCUT2D eigenvalue weighted by molar-refractivity contribution is 5.78. The Labute approximate surface area is 120 Å². The molecule has 2 aliphatic carbocycles. The molecule has 0 bridgehead atoms. The molecule has 0 atom stereocenters. The minimum Gasteiger partial charge on any atom is -0.481 e. The van der Waals surface area contributed by atoms with Crippen LogP contribution in [0.25, 0.3) is 0 Å². The summed E-state index contributed by atoms with van der Waals surface area (Å²) in [7, 11) is 0. The molecule has 5 heteroatoms. The summed E-state index contributed by atoms with van der Waals surface area (Å²) >= 11 is 0. The van der Waals surface area contributed by atoms with E-state index in [1.54, 1.807) is 0 Å². The van der Waals surface area contributed by atoms with Crippen molar-refractivity contribution in [3.8, 4) is 0 Å². The van der Waals surface area contributed by atoms with Crippen LogP contribution in [-0.2, 0) is 4.79 Å². The van der Waals surface area contributed by atoms with E-state index in [-0.39, 0.29) is 18.6 Å². The van der Waals surface area contributed by atoms with E-state index in [1.807, 2.05) is 0 Å². The van der Waals surface area contributed by atoms with Crippen LogP contribution in [-0.4, -0.2) is 29.7 Å². The van der Waals surface area contributed by atoms with Crippen molar-refractivity contribution in [3.63, 3.8) is 0 Å². The van der Waals surface area contributed by atoms with Gasteiger partial charge in [-0.15, -0.1) is 0 Å². The van der Waals surface area contributed by atoms with Crippen LogP contribution in [0.2, 0.25) is 0 Å². The van der Waals surface area contributed by atoms with Crippen LogP contribution in [0, 0.1) is 5.41 Å². The molecule has 114 valence electrons. The number of amides is 2. The Hall–Kier alpha value is -1.26. The lowest BCUT2D eigenvalue weighted by atomic mass is 9.80. The molecule has 3 N–H and O–H groups in total. The molecule has 20 heavy (non-hydrogen) atoms. The maximum absolute atomic E-state index is 11.9. The van der Waals surface area contributed by atoms with Crippen molar-refractivity contribution < 1.29 is 14.7 Å². The number of carbonyl (C=O) groups excluding carboxylic acids is 1. The van der Waals surface area contributed by atoms with Crippen molar-refractivity contribution in [1.82, 2.24) is 10.6 Å². The van der Waals surface area contributed by atoms with E-state index in [9.17, 15) is 14.7 Å². The fourth-order valence-electron chi connectivity index (χ4n) is 3.43. The van der Waals surface area contributed by atoms with Gasteiger partial charge in [-0.1, -0.05) is 38.5 Å². The Balaban J connectivity index is 1.84. The number of rotatable bonds is 4. The molecule has 0 aliphatic heterocycles. The van der Waals surface area contributed by atoms with E-state index in [1.165, 1.54) is 12.8 Å². The SMILES string of the molecule is O=C(NCC1(C(=O)O)CCCCCC1)NC1CCCC1. The first-order chi connectivity index (χ1) is 9.62. The number of hydrogen-bond donors (Lipinski definition) is 3. The van der Waals surface area contributed by atoms with Gasteiger partial charge in [0.2, 0.25) is 0 Å². The first-order valence-electron chi connectivity index (χ1n) is 7.90. The first kappa shape index (κ1) is 15.1. The summed E-state index contributed by atoms with van der Waals surface area (Å²) in [6.07, 6.45) is 9.85. The van der Waals surface area contributed by atoms with Crippen molar-refractivity contribution >= 4 is 12.0 Å². The van der Waals surface area contributed by atoms with E-state index >= 15 is 0 Å². The van der Waals surface area contributed by atoms with Crippen molar-refractivity contribution in [3.05, 3.63) is 0 Å². The van der Waals surface area contributed by atoms with Crippen LogP contribution in [0.3, 0.4) is 0 Å². The van der Waals surface area contributed by atoms with Crippen molar-refractivity contribution in [2.75, 3.05) is 6.54 Å². The largest absolute Gasteiger partial charge is 0.481 e. The van der Waals surface area contributed by atoms with Crippen LogP contribution in [0.4, 0.5) is 4.79 Å². The van der Waals surface area contributed by atoms with Gasteiger partial charge in [0.15, 0.2) is 0 Å². The van der Waals surface area contributed by atoms with Crippen LogP contribution in [0.1, 0.15) is 64.2 Å². The van der Waals surface area contributed by atoms with Crippen LogP contribution in [0.5, 0.6) is 0 Å². The highest BCUT2D eigenvalue weighted by Crippen LogP contribution is 2.34. The molecule has 0 unspecified atom stereocenters. The first-order valence-corrected chi connectivity index (χ1v) is 7.90. The summed E-state index contributed by atoms with van der Waals surface area (Å²) in [4.78, 5) is 23.5. The smallest absolute Gasteiger partial charge is 0.315 e. The summed E-state index contributed by atoms with van der Waals surface area (Å²) in [6.45, 7) is 0.251. The second kappa shape index (κ2) is 6.95. The Morgan fingerprint density at radius 3 is 2.15 bits per heavy atom. The molecule has 2 fully saturated rings. The molecule has 0 aromatic heterocycles. The van der Waals surface area contributed by atoms with E-state index < -0.39 is 11.4 Å². The second-order valence-electron chi connectivity index (χ2n) is 6.31. The Kier molecular flexibility index (Phi) is 5.26. The molecule has 0 saturated heterocycles. The van der Waals surface area contributed by atoms with Crippen molar-refractivity contribution in [1.29, 1.82) is 0 Å². The fourth-order valence-corrected chi connectivity index (χ4v) is 3.43. The zero-order chi connectivity index (χ0) is 14.4. The molecular formula is C15H26N2O3. The molecule has 2 amide bonds. The Bertz CT molecular complexity index is 343. The molecule has 2 aliphatic rings. The lowest BCUT2D eigenvalue weighted by Crippen LogP contribution is -2.48. The lowest BCUT2D eigenvalue weighted by molar-refractivity contribution is -0.149. The van der Waals surface area contributed by atoms with Gasteiger partial charge < -0.3 is 15.7 Å². The number of hydrogen-bond acceptors (Lipinski definition) is 2. The number of carboxylic acid groups (broad SMARTS) is 1. The standard InChI is InChI=1S/C15H26N2O3/c18-13(19)15(9-5-1-2-6-10-15)11-16-14(20)17-12-7-3-4-8-12/h12H,1-11H2,(H,18,19)(H2,16,17,20). The van der Waals surface area contributed by atoms with Gasteiger partial charge in [0.25, 0.3) is 0 Å². The van der Waals surface area contributed by atoms with Crippen LogP contribution < -0.4 is 10.6 Å². The zero-order valence-corrected chi connectivity index (χ0v) is 12.1. The number of nitrogens with one attached hydrogen (secondary N) is 2. The summed E-state index contributed by atoms with van der Waals surface area (Å²) < 4.78 is 0. The molecule has 2 saturated carbocycles. The molecule has 0 aromatic rings. The third-order valence-electron chi connectivity index (χ3n) is 4.79. The summed E-state index contributed by atoms with van der Waals surface area (Å²) in [5.41, 5.74) is -0.760. The maximum atomic E-state index is 11.9. The minimum atomic E-state index is -0.763. The lowest BCUT2D eigenvalue weighted by Gasteiger charge is -2.28. The highest BCUT2D eigenvalue weighted by Gasteiger charge is 2.39. The molecule has 0 radical (unpaired) electrons. The topological polar surface area (TPSA) is 78.4 Å². The van der Waals surface area contributed by atoms with Gasteiger partial charge in [0, 0.05) is 12.6 Å². The third-order valence-corrected chi connectivity index (χ3v) is 4.79. The normalized spacial score (nSPS) is 23.0. The number of carboxylic acids is 1. The molecule has 5 nitrogen and oxygen atoms in total. The minimum absolute atomic E-state index is 0.207. The van der Waals surface area contributed by atoms with Crippen molar-refractivity contribution in [2.24, 2.45) is 5.41 Å². The van der Waals surface area contributed by atoms with Gasteiger partial charge in [-0.05, 0) is 25.7 Å². The molecule has 2 rings (SSSR count). The molecule has 0 aromatic carbocycles. The van der Waals surface area contributed by atoms with Gasteiger partial charge in [-0.3, -0.25) is 4.79 Å². The quantitative estimate of drug-likeness (QED) is 0.694. The fraction of sp³-hybridized carbons (Fsp3) is 0.867. The van der Waals surface area contributed by atoms with E-state index in [0.717, 1.165) is 38.5 Å². The average Bonchev–Trinajstić information content (AvgIpc) is 2.79. The highest BCUT2D eigenvalue weighted by atomic mass is 16.4. The zero-order valence-electron chi connectivity index (χ0n) is 12.1. The molecule has 0 spiro atoms. The second-order valence-corrected chi connectivity index (χ2v) is 6.31. The summed E-state index contributed by atoms with van der Waals surface area (Å²) in [5, 5.41) is 15.3. The number of urea groups is 1. The van der Waals surface area contributed by atoms with E-state index in [0.29, 0.717) is 12.8 Å². The molecule has 0 heterocycles. The Morgan fingerprint density at radius 2 is 1.60 bits per heavy atom. The van der Waals surface area contributed by atoms with E-state index in [4.69, 9.17) is 0 Å². The third kappa shape index (κ3) is 3.87. The predicted octanol–water partition coefficient (Wildman–Crippen LogP) is 2.65. The summed E-state index contributed by atoms with van der Waals surface area (Å²) in [6, 6.07) is 0.0617. The Morgan fingerprint density at radius 1 is 1.00 bits per heavy atom. The predicted molar refractivity (Wildman–Crippen MR) is 76.6 cm³/mol. The van der Waals surface area contributed by atoms with Gasteiger partial charge in [0.05, 0.1) is 5.41 Å². The van der Waals surface area contributed by atoms with Crippen molar-refractivity contribution in [2.45, 2.75) is 70.3 Å².